The molecule has 0 N–H and O–H groups in total. The summed E-state index contributed by atoms with van der Waals surface area (Å²) in [5.41, 5.74) is 3.47. The van der Waals surface area contributed by atoms with Crippen molar-refractivity contribution in [1.82, 2.24) is 0 Å². The fourth-order valence-electron chi connectivity index (χ4n) is 2.35. The molecule has 0 radical (unpaired) electrons. The van der Waals surface area contributed by atoms with Gasteiger partial charge in [-0.3, -0.25) is 4.31 Å². The first kappa shape index (κ1) is 16.3. The van der Waals surface area contributed by atoms with Gasteiger partial charge in [0.05, 0.1) is 11.6 Å². The van der Waals surface area contributed by atoms with E-state index in [1.165, 1.54) is 15.6 Å². The number of sulfonamides is 1. The summed E-state index contributed by atoms with van der Waals surface area (Å²) in [6.07, 6.45) is 0. The molecule has 2 rings (SSSR count). The Hall–Kier alpha value is -1.04. The minimum atomic E-state index is -3.60. The third-order valence-electron chi connectivity index (χ3n) is 3.42. The van der Waals surface area contributed by atoms with Crippen molar-refractivity contribution < 1.29 is 8.42 Å². The van der Waals surface area contributed by atoms with Gasteiger partial charge in [0.1, 0.15) is 4.90 Å². The molecule has 0 unspecified atom stereocenters. The van der Waals surface area contributed by atoms with Crippen molar-refractivity contribution in [2.75, 3.05) is 11.4 Å². The van der Waals surface area contributed by atoms with E-state index in [2.05, 4.69) is 0 Å². The molecular weight excluding hydrogens is 326 g/mol. The van der Waals surface area contributed by atoms with E-state index < -0.39 is 10.0 Å². The molecule has 6 heteroatoms. The molecule has 0 saturated heterocycles. The number of alkyl halides is 1. The molecular formula is C15H18ClNO2S2. The average Bonchev–Trinajstić information content (AvgIpc) is 2.79. The second-order valence-corrected chi connectivity index (χ2v) is 8.20. The van der Waals surface area contributed by atoms with Gasteiger partial charge in [0.2, 0.25) is 0 Å². The molecule has 1 aromatic carbocycles. The van der Waals surface area contributed by atoms with Crippen molar-refractivity contribution in [2.45, 2.75) is 31.5 Å². The number of benzene rings is 1. The molecule has 0 aliphatic rings. The van der Waals surface area contributed by atoms with Crippen LogP contribution in [0.5, 0.6) is 0 Å². The summed E-state index contributed by atoms with van der Waals surface area (Å²) >= 11 is 7.27. The summed E-state index contributed by atoms with van der Waals surface area (Å²) in [6, 6.07) is 5.73. The maximum atomic E-state index is 12.9. The maximum absolute atomic E-state index is 12.9. The molecule has 2 aromatic rings. The smallest absolute Gasteiger partial charge is 0.265 e. The van der Waals surface area contributed by atoms with Gasteiger partial charge >= 0.3 is 0 Å². The van der Waals surface area contributed by atoms with E-state index in [1.807, 2.05) is 37.4 Å². The quantitative estimate of drug-likeness (QED) is 0.779. The molecule has 0 bridgehead atoms. The van der Waals surface area contributed by atoms with Crippen LogP contribution in [0, 0.1) is 20.8 Å². The van der Waals surface area contributed by atoms with Gasteiger partial charge in [-0.2, -0.15) is 0 Å². The molecule has 0 atom stereocenters. The first-order valence-corrected chi connectivity index (χ1v) is 9.33. The predicted molar refractivity (Wildman–Crippen MR) is 90.1 cm³/mol. The number of aryl methyl sites for hydroxylation is 3. The number of nitrogens with zero attached hydrogens (tertiary/aromatic N) is 1. The van der Waals surface area contributed by atoms with Crippen LogP contribution < -0.4 is 4.31 Å². The minimum absolute atomic E-state index is 0.202. The average molecular weight is 344 g/mol. The Bertz CT molecular complexity index is 766. The third kappa shape index (κ3) is 2.96. The first-order chi connectivity index (χ1) is 9.78. The van der Waals surface area contributed by atoms with E-state index in [0.717, 1.165) is 16.7 Å². The second kappa shape index (κ2) is 5.99. The third-order valence-corrected chi connectivity index (χ3v) is 7.08. The van der Waals surface area contributed by atoms with Crippen LogP contribution in [0.25, 0.3) is 0 Å². The lowest BCUT2D eigenvalue weighted by Crippen LogP contribution is -2.28. The van der Waals surface area contributed by atoms with E-state index in [-0.39, 0.29) is 5.88 Å². The van der Waals surface area contributed by atoms with Crippen molar-refractivity contribution in [3.8, 4) is 0 Å². The summed E-state index contributed by atoms with van der Waals surface area (Å²) in [5, 5.41) is 1.83. The molecule has 0 fully saturated rings. The van der Waals surface area contributed by atoms with Crippen molar-refractivity contribution in [3.63, 3.8) is 0 Å². The van der Waals surface area contributed by atoms with E-state index in [9.17, 15) is 8.42 Å². The fraction of sp³-hybridized carbons (Fsp3) is 0.333. The van der Waals surface area contributed by atoms with Crippen LogP contribution in [0.3, 0.4) is 0 Å². The Labute approximate surface area is 135 Å². The maximum Gasteiger partial charge on any atom is 0.265 e. The molecule has 1 heterocycles. The highest BCUT2D eigenvalue weighted by molar-refractivity contribution is 7.93. The Morgan fingerprint density at radius 2 is 1.86 bits per heavy atom. The number of anilines is 1. The van der Waals surface area contributed by atoms with Crippen molar-refractivity contribution in [3.05, 3.63) is 45.1 Å². The summed E-state index contributed by atoms with van der Waals surface area (Å²) in [4.78, 5) is 1.02. The van der Waals surface area contributed by atoms with Crippen molar-refractivity contribution in [1.29, 1.82) is 0 Å². The zero-order valence-corrected chi connectivity index (χ0v) is 14.9. The van der Waals surface area contributed by atoms with Crippen molar-refractivity contribution >= 4 is 38.6 Å². The van der Waals surface area contributed by atoms with E-state index in [1.54, 1.807) is 14.0 Å². The van der Waals surface area contributed by atoms with E-state index in [4.69, 9.17) is 11.6 Å². The van der Waals surface area contributed by atoms with E-state index in [0.29, 0.717) is 15.5 Å². The highest BCUT2D eigenvalue weighted by atomic mass is 35.5. The molecule has 0 saturated carbocycles. The van der Waals surface area contributed by atoms with Crippen LogP contribution in [0.2, 0.25) is 0 Å². The summed E-state index contributed by atoms with van der Waals surface area (Å²) < 4.78 is 27.2. The molecule has 21 heavy (non-hydrogen) atoms. The highest BCUT2D eigenvalue weighted by Gasteiger charge is 2.28. The Morgan fingerprint density at radius 1 is 1.19 bits per heavy atom. The molecule has 1 aromatic heterocycles. The number of hydrogen-bond acceptors (Lipinski definition) is 3. The van der Waals surface area contributed by atoms with Gasteiger partial charge in [0.25, 0.3) is 10.0 Å². The molecule has 3 nitrogen and oxygen atoms in total. The van der Waals surface area contributed by atoms with Gasteiger partial charge in [-0.15, -0.1) is 22.9 Å². The topological polar surface area (TPSA) is 37.4 Å². The zero-order valence-electron chi connectivity index (χ0n) is 12.5. The highest BCUT2D eigenvalue weighted by Crippen LogP contribution is 2.33. The van der Waals surface area contributed by atoms with Crippen LogP contribution in [-0.2, 0) is 15.9 Å². The number of thiophene rings is 1. The van der Waals surface area contributed by atoms with Gasteiger partial charge in [0.15, 0.2) is 0 Å². The lowest BCUT2D eigenvalue weighted by Gasteiger charge is -2.22. The Kier molecular flexibility index (Phi) is 4.66. The molecule has 0 aliphatic carbocycles. The second-order valence-electron chi connectivity index (χ2n) is 5.07. The van der Waals surface area contributed by atoms with Gasteiger partial charge < -0.3 is 0 Å². The van der Waals surface area contributed by atoms with Crippen LogP contribution >= 0.6 is 22.9 Å². The van der Waals surface area contributed by atoms with Crippen molar-refractivity contribution in [2.24, 2.45) is 0 Å². The zero-order chi connectivity index (χ0) is 15.8. The molecule has 0 spiro atoms. The van der Waals surface area contributed by atoms with E-state index >= 15 is 0 Å². The first-order valence-electron chi connectivity index (χ1n) is 6.48. The summed E-state index contributed by atoms with van der Waals surface area (Å²) in [6.45, 7) is 5.70. The Morgan fingerprint density at radius 3 is 2.43 bits per heavy atom. The molecule has 114 valence electrons. The number of rotatable bonds is 4. The summed E-state index contributed by atoms with van der Waals surface area (Å²) in [5.74, 6) is 0.202. The SMILES string of the molecule is Cc1ccc(N(C)S(=O)(=O)c2c(C)csc2CCl)c(C)c1. The summed E-state index contributed by atoms with van der Waals surface area (Å²) in [7, 11) is -2.01. The number of halogens is 1. The Balaban J connectivity index is 2.55. The van der Waals surface area contributed by atoms with Crippen LogP contribution in [0.15, 0.2) is 28.5 Å². The van der Waals surface area contributed by atoms with Gasteiger partial charge in [0, 0.05) is 11.9 Å². The largest absolute Gasteiger partial charge is 0.269 e. The predicted octanol–water partition coefficient (Wildman–Crippen LogP) is 4.24. The van der Waals surface area contributed by atoms with Gasteiger partial charge in [-0.1, -0.05) is 17.7 Å². The monoisotopic (exact) mass is 343 g/mol. The minimum Gasteiger partial charge on any atom is -0.269 e. The van der Waals surface area contributed by atoms with Gasteiger partial charge in [-0.05, 0) is 43.3 Å². The van der Waals surface area contributed by atoms with Crippen LogP contribution in [-0.4, -0.2) is 15.5 Å². The molecule has 0 amide bonds. The standard InChI is InChI=1S/C15H18ClNO2S2/c1-10-5-6-13(11(2)7-10)17(4)21(18,19)15-12(3)9-20-14(15)8-16/h5-7,9H,8H2,1-4H3. The van der Waals surface area contributed by atoms with Gasteiger partial charge in [-0.25, -0.2) is 8.42 Å². The lowest BCUT2D eigenvalue weighted by atomic mass is 10.1. The molecule has 0 aliphatic heterocycles. The van der Waals surface area contributed by atoms with Crippen LogP contribution in [0.4, 0.5) is 5.69 Å². The number of hydrogen-bond donors (Lipinski definition) is 0. The fourth-order valence-corrected chi connectivity index (χ4v) is 5.62. The van der Waals surface area contributed by atoms with Crippen LogP contribution in [0.1, 0.15) is 21.6 Å². The lowest BCUT2D eigenvalue weighted by molar-refractivity contribution is 0.593. The normalized spacial score (nSPS) is 11.7.